The summed E-state index contributed by atoms with van der Waals surface area (Å²) >= 11 is 8.07. The van der Waals surface area contributed by atoms with E-state index in [1.54, 1.807) is 11.8 Å². The lowest BCUT2D eigenvalue weighted by molar-refractivity contribution is 0.0945. The Kier molecular flexibility index (Phi) is 5.34. The third-order valence-electron chi connectivity index (χ3n) is 4.86. The van der Waals surface area contributed by atoms with E-state index in [0.29, 0.717) is 30.1 Å². The van der Waals surface area contributed by atoms with Gasteiger partial charge in [0.25, 0.3) is 0 Å². The number of benzene rings is 1. The Hall–Kier alpha value is -1.37. The van der Waals surface area contributed by atoms with Crippen molar-refractivity contribution in [2.45, 2.75) is 50.2 Å². The van der Waals surface area contributed by atoms with Crippen molar-refractivity contribution in [2.24, 2.45) is 0 Å². The van der Waals surface area contributed by atoms with Crippen LogP contribution in [0, 0.1) is 13.8 Å². The van der Waals surface area contributed by atoms with Crippen LogP contribution in [0.2, 0.25) is 5.02 Å². The summed E-state index contributed by atoms with van der Waals surface area (Å²) in [4.78, 5) is 4.76. The molecule has 1 aromatic carbocycles. The molecule has 1 atom stereocenters. The first-order valence-corrected chi connectivity index (χ1v) is 10.3. The maximum absolute atomic E-state index is 6.35. The molecule has 26 heavy (non-hydrogen) atoms. The molecule has 0 spiro atoms. The molecule has 2 aromatic rings. The first-order chi connectivity index (χ1) is 12.6. The van der Waals surface area contributed by atoms with E-state index in [9.17, 15) is 0 Å². The number of aryl methyl sites for hydroxylation is 1. The van der Waals surface area contributed by atoms with Crippen LogP contribution in [0.15, 0.2) is 17.3 Å². The topological polar surface area (TPSA) is 45.5 Å². The van der Waals surface area contributed by atoms with Crippen molar-refractivity contribution in [1.29, 1.82) is 0 Å². The number of ether oxygens (including phenoxy) is 3. The van der Waals surface area contributed by atoms with Crippen LogP contribution in [0.4, 0.5) is 0 Å². The van der Waals surface area contributed by atoms with Crippen LogP contribution in [-0.4, -0.2) is 35.5 Å². The maximum atomic E-state index is 6.35. The average molecular weight is 395 g/mol. The fourth-order valence-corrected chi connectivity index (χ4v) is 4.66. The van der Waals surface area contributed by atoms with Gasteiger partial charge in [-0.05, 0) is 44.4 Å². The fraction of sp³-hybridized carbons (Fsp3) is 0.526. The Labute approximate surface area is 163 Å². The van der Waals surface area contributed by atoms with Crippen LogP contribution in [0.25, 0.3) is 0 Å². The van der Waals surface area contributed by atoms with Gasteiger partial charge in [-0.15, -0.1) is 0 Å². The third kappa shape index (κ3) is 3.68. The van der Waals surface area contributed by atoms with Gasteiger partial charge in [-0.2, -0.15) is 0 Å². The van der Waals surface area contributed by atoms with Crippen LogP contribution in [-0.2, 0) is 17.0 Å². The number of aromatic nitrogens is 2. The lowest BCUT2D eigenvalue weighted by Crippen LogP contribution is -2.17. The van der Waals surface area contributed by atoms with Crippen LogP contribution in [0.5, 0.6) is 11.5 Å². The van der Waals surface area contributed by atoms with Crippen LogP contribution in [0.1, 0.15) is 29.8 Å². The van der Waals surface area contributed by atoms with E-state index in [0.717, 1.165) is 53.9 Å². The van der Waals surface area contributed by atoms with Crippen molar-refractivity contribution in [2.75, 3.05) is 19.8 Å². The van der Waals surface area contributed by atoms with Gasteiger partial charge in [0.05, 0.1) is 23.4 Å². The highest BCUT2D eigenvalue weighted by molar-refractivity contribution is 7.98. The van der Waals surface area contributed by atoms with Gasteiger partial charge in [-0.25, -0.2) is 4.98 Å². The van der Waals surface area contributed by atoms with Gasteiger partial charge in [0.2, 0.25) is 0 Å². The minimum absolute atomic E-state index is 0.297. The number of hydrogen-bond donors (Lipinski definition) is 0. The Morgan fingerprint density at radius 2 is 2.08 bits per heavy atom. The summed E-state index contributed by atoms with van der Waals surface area (Å²) in [6, 6.07) is 3.97. The lowest BCUT2D eigenvalue weighted by Gasteiger charge is -2.20. The number of hydrogen-bond acceptors (Lipinski definition) is 5. The molecule has 7 heteroatoms. The zero-order valence-corrected chi connectivity index (χ0v) is 16.7. The van der Waals surface area contributed by atoms with Crippen LogP contribution < -0.4 is 9.47 Å². The smallest absolute Gasteiger partial charge is 0.179 e. The summed E-state index contributed by atoms with van der Waals surface area (Å²) in [6.45, 7) is 7.03. The molecule has 140 valence electrons. The van der Waals surface area contributed by atoms with Crippen molar-refractivity contribution in [3.8, 4) is 11.5 Å². The van der Waals surface area contributed by atoms with E-state index < -0.39 is 0 Å². The molecule has 0 saturated carbocycles. The van der Waals surface area contributed by atoms with Gasteiger partial charge in [0, 0.05) is 18.1 Å². The molecule has 1 fully saturated rings. The molecule has 0 bridgehead atoms. The average Bonchev–Trinajstić information content (AvgIpc) is 3.24. The van der Waals surface area contributed by atoms with Crippen molar-refractivity contribution in [1.82, 2.24) is 9.55 Å². The summed E-state index contributed by atoms with van der Waals surface area (Å²) in [5.41, 5.74) is 3.39. The van der Waals surface area contributed by atoms with E-state index in [2.05, 4.69) is 18.4 Å². The highest BCUT2D eigenvalue weighted by Crippen LogP contribution is 2.39. The standard InChI is InChI=1S/C19H23ClN2O3S/c1-12-13(2)22(10-15-4-3-5-23-15)19(21-12)26-11-14-8-16(20)18-17(9-14)24-6-7-25-18/h8-9,15H,3-7,10-11H2,1-2H3. The Morgan fingerprint density at radius 1 is 1.23 bits per heavy atom. The van der Waals surface area contributed by atoms with E-state index in [4.69, 9.17) is 30.8 Å². The molecule has 1 aromatic heterocycles. The number of thioether (sulfide) groups is 1. The van der Waals surface area contributed by atoms with Crippen LogP contribution >= 0.6 is 23.4 Å². The van der Waals surface area contributed by atoms with E-state index in [-0.39, 0.29) is 0 Å². The predicted molar refractivity (Wildman–Crippen MR) is 103 cm³/mol. The molecule has 0 amide bonds. The number of rotatable bonds is 5. The molecule has 1 unspecified atom stereocenters. The van der Waals surface area contributed by atoms with E-state index >= 15 is 0 Å². The van der Waals surface area contributed by atoms with Crippen molar-refractivity contribution >= 4 is 23.4 Å². The van der Waals surface area contributed by atoms with Crippen molar-refractivity contribution < 1.29 is 14.2 Å². The fourth-order valence-electron chi connectivity index (χ4n) is 3.34. The molecular formula is C19H23ClN2O3S. The number of halogens is 1. The molecular weight excluding hydrogens is 372 g/mol. The Morgan fingerprint density at radius 3 is 2.88 bits per heavy atom. The van der Waals surface area contributed by atoms with Gasteiger partial charge in [-0.3, -0.25) is 0 Å². The minimum atomic E-state index is 0.297. The van der Waals surface area contributed by atoms with Crippen molar-refractivity contribution in [3.05, 3.63) is 34.1 Å². The number of imidazole rings is 1. The predicted octanol–water partition coefficient (Wildman–Crippen LogP) is 4.40. The summed E-state index contributed by atoms with van der Waals surface area (Å²) in [6.07, 6.45) is 2.57. The second kappa shape index (κ2) is 7.71. The van der Waals surface area contributed by atoms with Crippen molar-refractivity contribution in [3.63, 3.8) is 0 Å². The molecule has 4 rings (SSSR count). The SMILES string of the molecule is Cc1nc(SCc2cc(Cl)c3c(c2)OCCO3)n(CC2CCCO2)c1C. The highest BCUT2D eigenvalue weighted by Gasteiger charge is 2.21. The van der Waals surface area contributed by atoms with E-state index in [1.165, 1.54) is 5.69 Å². The van der Waals surface area contributed by atoms with Gasteiger partial charge in [-0.1, -0.05) is 23.4 Å². The molecule has 0 radical (unpaired) electrons. The normalized spacial score (nSPS) is 19.1. The number of nitrogens with zero attached hydrogens (tertiary/aromatic N) is 2. The quantitative estimate of drug-likeness (QED) is 0.703. The van der Waals surface area contributed by atoms with E-state index in [1.807, 2.05) is 12.1 Å². The van der Waals surface area contributed by atoms with Gasteiger partial charge >= 0.3 is 0 Å². The first kappa shape index (κ1) is 18.0. The third-order valence-corrected chi connectivity index (χ3v) is 6.19. The van der Waals surface area contributed by atoms with Gasteiger partial charge in [0.1, 0.15) is 13.2 Å². The minimum Gasteiger partial charge on any atom is -0.486 e. The second-order valence-corrected chi connectivity index (χ2v) is 8.05. The molecule has 5 nitrogen and oxygen atoms in total. The Balaban J connectivity index is 1.51. The number of fused-ring (bicyclic) bond motifs is 1. The highest BCUT2D eigenvalue weighted by atomic mass is 35.5. The molecule has 2 aliphatic heterocycles. The summed E-state index contributed by atoms with van der Waals surface area (Å²) in [7, 11) is 0. The van der Waals surface area contributed by atoms with Crippen LogP contribution in [0.3, 0.4) is 0 Å². The zero-order valence-electron chi connectivity index (χ0n) is 15.1. The largest absolute Gasteiger partial charge is 0.486 e. The molecule has 0 aliphatic carbocycles. The maximum Gasteiger partial charge on any atom is 0.179 e. The van der Waals surface area contributed by atoms with Gasteiger partial charge < -0.3 is 18.8 Å². The molecule has 2 aliphatic rings. The molecule has 3 heterocycles. The Bertz CT molecular complexity index is 803. The summed E-state index contributed by atoms with van der Waals surface area (Å²) in [5.74, 6) is 2.16. The molecule has 0 N–H and O–H groups in total. The zero-order chi connectivity index (χ0) is 18.1. The monoisotopic (exact) mass is 394 g/mol. The summed E-state index contributed by atoms with van der Waals surface area (Å²) < 4.78 is 19.4. The summed E-state index contributed by atoms with van der Waals surface area (Å²) in [5, 5.41) is 1.63. The lowest BCUT2D eigenvalue weighted by atomic mass is 10.2. The van der Waals surface area contributed by atoms with Gasteiger partial charge in [0.15, 0.2) is 16.7 Å². The molecule has 1 saturated heterocycles. The second-order valence-electron chi connectivity index (χ2n) is 6.70. The first-order valence-electron chi connectivity index (χ1n) is 8.98.